The maximum Gasteiger partial charge on any atom is 0.338 e. The molecule has 414 valence electrons. The van der Waals surface area contributed by atoms with Crippen molar-refractivity contribution in [3.63, 3.8) is 0 Å². The van der Waals surface area contributed by atoms with E-state index < -0.39 is 86.6 Å². The van der Waals surface area contributed by atoms with Crippen molar-refractivity contribution in [1.29, 1.82) is 0 Å². The van der Waals surface area contributed by atoms with E-state index in [1.165, 1.54) is 7.11 Å². The van der Waals surface area contributed by atoms with E-state index in [9.17, 15) is 15.1 Å². The third-order valence-electron chi connectivity index (χ3n) is 14.3. The monoisotopic (exact) mass is 1100 g/mol. The molecular formula is C64H67N3O12Si. The summed E-state index contributed by atoms with van der Waals surface area (Å²) >= 11 is 0. The van der Waals surface area contributed by atoms with E-state index >= 15 is 0 Å². The summed E-state index contributed by atoms with van der Waals surface area (Å²) < 4.78 is 68.3. The molecule has 0 saturated carbocycles. The van der Waals surface area contributed by atoms with E-state index in [0.29, 0.717) is 5.56 Å². The standard InChI is InChI=1S/C64H67N3O12Si/c1-64(2,3)80(50-36-22-10-23-37-50,51-38-24-11-25-39-51)79-63-59(74-43-48-32-18-8-19-33-48)56(73-42-47-30-16-7-17-31-47)57(58(78-63)61(69)70-4)77-62-53(66-67-65)55(72-41-46-28-14-6-15-29-46)54(71-40-45-26-12-5-13-27-45)52(76-62)44-75-60(68)49-34-20-9-21-35-49/h5-39,52-59,62-63H,40-44H2,1-4H3/t52?,53?,54-,55-,56-,57+,58?,59?,62+,63+/m1/s1. The average Bonchev–Trinajstić information content (AvgIpc) is 3.33. The number of azide groups is 1. The Kier molecular flexibility index (Phi) is 19.9. The second kappa shape index (κ2) is 27.7. The number of esters is 2. The zero-order valence-corrected chi connectivity index (χ0v) is 46.3. The summed E-state index contributed by atoms with van der Waals surface area (Å²) in [6, 6.07) is 65.7. The normalized spacial score (nSPS) is 23.1. The lowest BCUT2D eigenvalue weighted by atomic mass is 9.95. The molecule has 7 aromatic rings. The van der Waals surface area contributed by atoms with Crippen LogP contribution in [-0.4, -0.2) is 95.3 Å². The van der Waals surface area contributed by atoms with Crippen molar-refractivity contribution < 1.29 is 56.6 Å². The fourth-order valence-electron chi connectivity index (χ4n) is 10.3. The van der Waals surface area contributed by atoms with Crippen LogP contribution in [0, 0.1) is 0 Å². The fourth-order valence-corrected chi connectivity index (χ4v) is 14.9. The Morgan fingerprint density at radius 1 is 0.525 bits per heavy atom. The molecule has 2 aliphatic heterocycles. The Morgan fingerprint density at radius 2 is 0.938 bits per heavy atom. The predicted octanol–water partition coefficient (Wildman–Crippen LogP) is 10.4. The van der Waals surface area contributed by atoms with Crippen molar-refractivity contribution in [2.75, 3.05) is 13.7 Å². The van der Waals surface area contributed by atoms with Crippen LogP contribution in [0.2, 0.25) is 5.04 Å². The van der Waals surface area contributed by atoms with Crippen molar-refractivity contribution in [3.8, 4) is 0 Å². The van der Waals surface area contributed by atoms with Crippen LogP contribution in [0.4, 0.5) is 0 Å². The van der Waals surface area contributed by atoms with Gasteiger partial charge >= 0.3 is 11.9 Å². The minimum atomic E-state index is -3.51. The van der Waals surface area contributed by atoms with Gasteiger partial charge in [0.05, 0.1) is 39.1 Å². The quantitative estimate of drug-likeness (QED) is 0.0195. The van der Waals surface area contributed by atoms with Gasteiger partial charge in [-0.1, -0.05) is 226 Å². The van der Waals surface area contributed by atoms with Crippen LogP contribution in [-0.2, 0) is 78.3 Å². The topological polar surface area (TPSA) is 175 Å². The van der Waals surface area contributed by atoms with Crippen LogP contribution in [0.5, 0.6) is 0 Å². The maximum absolute atomic E-state index is 14.8. The molecule has 2 heterocycles. The molecule has 7 aromatic carbocycles. The van der Waals surface area contributed by atoms with E-state index in [-0.39, 0.29) is 33.0 Å². The zero-order chi connectivity index (χ0) is 55.7. The maximum atomic E-state index is 14.8. The number of carbonyl (C=O) groups excluding carboxylic acids is 2. The van der Waals surface area contributed by atoms with Crippen LogP contribution in [0.25, 0.3) is 10.4 Å². The molecule has 15 nitrogen and oxygen atoms in total. The molecule has 0 amide bonds. The van der Waals surface area contributed by atoms with Crippen molar-refractivity contribution in [2.24, 2.45) is 5.11 Å². The van der Waals surface area contributed by atoms with Crippen LogP contribution in [0.3, 0.4) is 0 Å². The largest absolute Gasteiger partial charge is 0.467 e. The number of hydrogen-bond donors (Lipinski definition) is 0. The first-order chi connectivity index (χ1) is 39.1. The summed E-state index contributed by atoms with van der Waals surface area (Å²) in [5, 5.41) is 5.69. The van der Waals surface area contributed by atoms with Gasteiger partial charge in [0.2, 0.25) is 0 Å². The van der Waals surface area contributed by atoms with Crippen molar-refractivity contribution in [3.05, 3.63) is 251 Å². The minimum absolute atomic E-state index is 0.0258. The molecule has 9 rings (SSSR count). The summed E-state index contributed by atoms with van der Waals surface area (Å²) in [6.45, 7) is 6.31. The molecule has 0 aliphatic carbocycles. The smallest absolute Gasteiger partial charge is 0.338 e. The van der Waals surface area contributed by atoms with Gasteiger partial charge < -0.3 is 47.1 Å². The van der Waals surface area contributed by atoms with E-state index in [2.05, 4.69) is 55.1 Å². The second-order valence-corrected chi connectivity index (χ2v) is 24.8. The van der Waals surface area contributed by atoms with Crippen LogP contribution < -0.4 is 10.4 Å². The Hall–Kier alpha value is -7.31. The van der Waals surface area contributed by atoms with Crippen molar-refractivity contribution in [2.45, 2.75) is 114 Å². The molecule has 0 bridgehead atoms. The molecule has 0 N–H and O–H groups in total. The molecule has 2 saturated heterocycles. The molecule has 0 aromatic heterocycles. The van der Waals surface area contributed by atoms with Gasteiger partial charge in [0.1, 0.15) is 49.3 Å². The number of nitrogens with zero attached hydrogens (tertiary/aromatic N) is 3. The lowest BCUT2D eigenvalue weighted by molar-refractivity contribution is -0.346. The number of hydrogen-bond acceptors (Lipinski definition) is 13. The van der Waals surface area contributed by atoms with Gasteiger partial charge in [-0.2, -0.15) is 0 Å². The third kappa shape index (κ3) is 14.0. The molecule has 0 radical (unpaired) electrons. The number of carbonyl (C=O) groups is 2. The van der Waals surface area contributed by atoms with Gasteiger partial charge in [-0.15, -0.1) is 0 Å². The fraction of sp³-hybridized carbons (Fsp3) is 0.312. The van der Waals surface area contributed by atoms with Gasteiger partial charge in [0, 0.05) is 4.91 Å². The van der Waals surface area contributed by atoms with Gasteiger partial charge in [-0.25, -0.2) is 9.59 Å². The van der Waals surface area contributed by atoms with Crippen LogP contribution >= 0.6 is 0 Å². The highest BCUT2D eigenvalue weighted by molar-refractivity contribution is 6.99. The predicted molar refractivity (Wildman–Crippen MR) is 303 cm³/mol. The first-order valence-corrected chi connectivity index (χ1v) is 28.7. The van der Waals surface area contributed by atoms with Crippen molar-refractivity contribution in [1.82, 2.24) is 0 Å². The van der Waals surface area contributed by atoms with Crippen molar-refractivity contribution >= 4 is 30.6 Å². The Labute approximate surface area is 468 Å². The first kappa shape index (κ1) is 57.4. The van der Waals surface area contributed by atoms with E-state index in [0.717, 1.165) is 32.6 Å². The SMILES string of the molecule is COC(=O)C1O[C@@H](O[Si](c2ccccc2)(c2ccccc2)C(C)(C)C)C(OCc2ccccc2)[C@H](OCc2ccccc2)[C@@H]1O[C@@H]1OC(COC(=O)c2ccccc2)[C@@H](OCc2ccccc2)[C@H](OCc2ccccc2)C1N=[N+]=[N-]. The van der Waals surface area contributed by atoms with Gasteiger partial charge in [0.15, 0.2) is 18.7 Å². The lowest BCUT2D eigenvalue weighted by Crippen LogP contribution is -2.72. The lowest BCUT2D eigenvalue weighted by Gasteiger charge is -2.51. The number of rotatable bonds is 23. The van der Waals surface area contributed by atoms with Gasteiger partial charge in [-0.05, 0) is 55.3 Å². The van der Waals surface area contributed by atoms with Crippen LogP contribution in [0.15, 0.2) is 217 Å². The summed E-state index contributed by atoms with van der Waals surface area (Å²) in [5.74, 6) is -1.43. The molecule has 80 heavy (non-hydrogen) atoms. The Morgan fingerprint density at radius 3 is 1.38 bits per heavy atom. The van der Waals surface area contributed by atoms with Crippen LogP contribution in [0.1, 0.15) is 53.4 Å². The van der Waals surface area contributed by atoms with E-state index in [4.69, 9.17) is 47.1 Å². The third-order valence-corrected chi connectivity index (χ3v) is 19.2. The first-order valence-electron chi connectivity index (χ1n) is 26.8. The highest BCUT2D eigenvalue weighted by atomic mass is 28.4. The number of ether oxygens (including phenoxy) is 9. The summed E-state index contributed by atoms with van der Waals surface area (Å²) in [5.41, 5.74) is 14.1. The molecule has 2 aliphatic rings. The summed E-state index contributed by atoms with van der Waals surface area (Å²) in [6.07, 6.45) is -11.5. The summed E-state index contributed by atoms with van der Waals surface area (Å²) in [7, 11) is -2.25. The molecule has 10 atom stereocenters. The number of methoxy groups -OCH3 is 1. The summed E-state index contributed by atoms with van der Waals surface area (Å²) in [4.78, 5) is 31.8. The molecule has 4 unspecified atom stereocenters. The Bertz CT molecular complexity index is 3010. The zero-order valence-electron chi connectivity index (χ0n) is 45.3. The van der Waals surface area contributed by atoms with Gasteiger partial charge in [-0.3, -0.25) is 0 Å². The minimum Gasteiger partial charge on any atom is -0.467 e. The highest BCUT2D eigenvalue weighted by Crippen LogP contribution is 2.42. The second-order valence-electron chi connectivity index (χ2n) is 20.6. The Balaban J connectivity index is 1.17. The number of benzene rings is 7. The average molecular weight is 1100 g/mol. The van der Waals surface area contributed by atoms with E-state index in [1.54, 1.807) is 30.3 Å². The molecular weight excluding hydrogens is 1030 g/mol. The van der Waals surface area contributed by atoms with Gasteiger partial charge in [0.25, 0.3) is 8.32 Å². The van der Waals surface area contributed by atoms with E-state index in [1.807, 2.05) is 158 Å². The highest BCUT2D eigenvalue weighted by Gasteiger charge is 2.60. The molecule has 0 spiro atoms. The molecule has 2 fully saturated rings. The molecule has 16 heteroatoms.